The number of hydrogen-bond acceptors (Lipinski definition) is 8. The van der Waals surface area contributed by atoms with Crippen LogP contribution in [0.2, 0.25) is 0 Å². The molecule has 0 saturated carbocycles. The van der Waals surface area contributed by atoms with Crippen LogP contribution in [0, 0.1) is 0 Å². The Morgan fingerprint density at radius 2 is 1.83 bits per heavy atom. The fourth-order valence-corrected chi connectivity index (χ4v) is 4.52. The maximum atomic E-state index is 12.0. The summed E-state index contributed by atoms with van der Waals surface area (Å²) in [5.41, 5.74) is -0.546. The minimum Gasteiger partial charge on any atom is -0.493 e. The lowest BCUT2D eigenvalue weighted by Crippen LogP contribution is -2.66. The number of rotatable bonds is 7. The van der Waals surface area contributed by atoms with Gasteiger partial charge in [-0.3, -0.25) is 4.79 Å². The van der Waals surface area contributed by atoms with Crippen molar-refractivity contribution < 1.29 is 38.3 Å². The summed E-state index contributed by atoms with van der Waals surface area (Å²) >= 11 is 0. The summed E-state index contributed by atoms with van der Waals surface area (Å²) in [6.45, 7) is 0.0943. The third-order valence-electron chi connectivity index (χ3n) is 5.58. The number of methoxy groups -OCH3 is 3. The Balaban J connectivity index is 1.92. The molecule has 8 nitrogen and oxygen atoms in total. The average molecular weight is 404 g/mol. The SMILES string of the molecule is COCOc1cc2c(cc1OCOC)[C@]13C=CC(=O)C=C1OC[C@](O)(C2)[C@@H]3OC. The zero-order valence-electron chi connectivity index (χ0n) is 16.6. The van der Waals surface area contributed by atoms with E-state index in [1.807, 2.05) is 12.1 Å². The van der Waals surface area contributed by atoms with Crippen molar-refractivity contribution in [3.05, 3.63) is 47.2 Å². The van der Waals surface area contributed by atoms with Crippen LogP contribution in [0.5, 0.6) is 11.5 Å². The highest BCUT2D eigenvalue weighted by molar-refractivity contribution is 6.01. The van der Waals surface area contributed by atoms with Gasteiger partial charge in [0.05, 0.1) is 0 Å². The van der Waals surface area contributed by atoms with Crippen molar-refractivity contribution in [2.75, 3.05) is 41.5 Å². The van der Waals surface area contributed by atoms with Crippen LogP contribution in [-0.4, -0.2) is 64.1 Å². The zero-order valence-corrected chi connectivity index (χ0v) is 16.6. The predicted molar refractivity (Wildman–Crippen MR) is 101 cm³/mol. The molecule has 0 aromatic heterocycles. The lowest BCUT2D eigenvalue weighted by atomic mass is 9.58. The molecular weight excluding hydrogens is 380 g/mol. The molecule has 0 radical (unpaired) electrons. The number of aliphatic hydroxyl groups is 1. The molecule has 1 saturated heterocycles. The summed E-state index contributed by atoms with van der Waals surface area (Å²) in [4.78, 5) is 12.0. The van der Waals surface area contributed by atoms with Crippen LogP contribution < -0.4 is 9.47 Å². The van der Waals surface area contributed by atoms with Crippen LogP contribution in [0.15, 0.2) is 36.1 Å². The number of fused-ring (bicyclic) bond motifs is 2. The first kappa shape index (κ1) is 19.9. The van der Waals surface area contributed by atoms with Gasteiger partial charge in [0.15, 0.2) is 30.9 Å². The molecule has 0 amide bonds. The van der Waals surface area contributed by atoms with E-state index in [0.29, 0.717) is 23.7 Å². The van der Waals surface area contributed by atoms with Gasteiger partial charge < -0.3 is 33.5 Å². The van der Waals surface area contributed by atoms with E-state index < -0.39 is 17.1 Å². The standard InChI is InChI=1S/C21H24O8/c1-24-11-28-16-6-13-9-20(23)10-27-18-7-14(22)4-5-21(18,19(20)26-3)15(13)8-17(16)29-12-25-2/h4-8,19,23H,9-12H2,1-3H3/t19-,20+,21+/m0/s1. The van der Waals surface area contributed by atoms with E-state index in [2.05, 4.69) is 0 Å². The molecule has 1 aliphatic heterocycles. The molecule has 1 heterocycles. The molecule has 0 unspecified atom stereocenters. The van der Waals surface area contributed by atoms with Crippen molar-refractivity contribution in [3.8, 4) is 11.5 Å². The Morgan fingerprint density at radius 1 is 1.14 bits per heavy atom. The van der Waals surface area contributed by atoms with Crippen LogP contribution in [0.1, 0.15) is 11.1 Å². The Morgan fingerprint density at radius 3 is 2.48 bits per heavy atom. The van der Waals surface area contributed by atoms with Gasteiger partial charge in [0.1, 0.15) is 29.5 Å². The van der Waals surface area contributed by atoms with Gasteiger partial charge in [0, 0.05) is 33.8 Å². The van der Waals surface area contributed by atoms with E-state index in [0.717, 1.165) is 11.1 Å². The number of hydrogen-bond donors (Lipinski definition) is 1. The molecule has 1 aromatic rings. The molecule has 2 aliphatic carbocycles. The van der Waals surface area contributed by atoms with Crippen molar-refractivity contribution in [1.29, 1.82) is 0 Å². The van der Waals surface area contributed by atoms with Gasteiger partial charge in [-0.1, -0.05) is 6.08 Å². The summed E-state index contributed by atoms with van der Waals surface area (Å²) in [5, 5.41) is 11.4. The Labute approximate surface area is 168 Å². The van der Waals surface area contributed by atoms with E-state index in [4.69, 9.17) is 28.4 Å². The zero-order chi connectivity index (χ0) is 20.6. The minimum atomic E-state index is -1.27. The highest BCUT2D eigenvalue weighted by Crippen LogP contribution is 2.55. The fraction of sp³-hybridized carbons (Fsp3) is 0.476. The third-order valence-corrected chi connectivity index (χ3v) is 5.58. The van der Waals surface area contributed by atoms with Crippen molar-refractivity contribution in [2.24, 2.45) is 0 Å². The molecule has 2 bridgehead atoms. The van der Waals surface area contributed by atoms with E-state index >= 15 is 0 Å². The second-order valence-corrected chi connectivity index (χ2v) is 7.36. The monoisotopic (exact) mass is 404 g/mol. The quantitative estimate of drug-likeness (QED) is 0.679. The number of ether oxygens (including phenoxy) is 6. The third kappa shape index (κ3) is 3.03. The largest absolute Gasteiger partial charge is 0.493 e. The highest BCUT2D eigenvalue weighted by atomic mass is 16.7. The Hall–Kier alpha value is -2.39. The fourth-order valence-electron chi connectivity index (χ4n) is 4.52. The molecule has 3 aliphatic rings. The second kappa shape index (κ2) is 7.46. The number of carbonyl (C=O) groups is 1. The minimum absolute atomic E-state index is 0.0236. The van der Waals surface area contributed by atoms with Gasteiger partial charge in [0.25, 0.3) is 0 Å². The molecule has 3 atom stereocenters. The molecule has 8 heteroatoms. The normalized spacial score (nSPS) is 29.4. The molecule has 4 rings (SSSR count). The molecular formula is C21H24O8. The first-order valence-electron chi connectivity index (χ1n) is 9.22. The van der Waals surface area contributed by atoms with Crippen LogP contribution >= 0.6 is 0 Å². The number of carbonyl (C=O) groups excluding carboxylic acids is 1. The van der Waals surface area contributed by atoms with E-state index in [1.54, 1.807) is 13.2 Å². The molecule has 1 N–H and O–H groups in total. The molecule has 1 fully saturated rings. The lowest BCUT2D eigenvalue weighted by molar-refractivity contribution is -0.182. The predicted octanol–water partition coefficient (Wildman–Crippen LogP) is 1.24. The average Bonchev–Trinajstić information content (AvgIpc) is 2.71. The smallest absolute Gasteiger partial charge is 0.188 e. The van der Waals surface area contributed by atoms with Gasteiger partial charge in [0.2, 0.25) is 0 Å². The van der Waals surface area contributed by atoms with E-state index in [1.165, 1.54) is 26.4 Å². The second-order valence-electron chi connectivity index (χ2n) is 7.36. The van der Waals surface area contributed by atoms with Gasteiger partial charge in [-0.25, -0.2) is 0 Å². The molecule has 1 spiro atoms. The summed E-state index contributed by atoms with van der Waals surface area (Å²) in [7, 11) is 4.61. The first-order valence-corrected chi connectivity index (χ1v) is 9.22. The molecule has 156 valence electrons. The van der Waals surface area contributed by atoms with Crippen LogP contribution in [0.3, 0.4) is 0 Å². The van der Waals surface area contributed by atoms with Crippen molar-refractivity contribution >= 4 is 5.78 Å². The summed E-state index contributed by atoms with van der Waals surface area (Å²) in [6, 6.07) is 3.65. The molecule has 1 aromatic carbocycles. The maximum Gasteiger partial charge on any atom is 0.188 e. The molecule has 29 heavy (non-hydrogen) atoms. The van der Waals surface area contributed by atoms with Crippen molar-refractivity contribution in [3.63, 3.8) is 0 Å². The summed E-state index contributed by atoms with van der Waals surface area (Å²) in [6.07, 6.45) is 4.34. The topological polar surface area (TPSA) is 92.7 Å². The number of ketones is 1. The first-order chi connectivity index (χ1) is 14.0. The Kier molecular flexibility index (Phi) is 5.12. The van der Waals surface area contributed by atoms with E-state index in [-0.39, 0.29) is 26.0 Å². The van der Waals surface area contributed by atoms with Gasteiger partial charge >= 0.3 is 0 Å². The van der Waals surface area contributed by atoms with Gasteiger partial charge in [-0.05, 0) is 29.3 Å². The summed E-state index contributed by atoms with van der Waals surface area (Å²) < 4.78 is 33.1. The van der Waals surface area contributed by atoms with E-state index in [9.17, 15) is 9.90 Å². The van der Waals surface area contributed by atoms with Crippen LogP contribution in [0.25, 0.3) is 0 Å². The maximum absolute atomic E-state index is 12.0. The van der Waals surface area contributed by atoms with Crippen molar-refractivity contribution in [2.45, 2.75) is 23.5 Å². The van der Waals surface area contributed by atoms with Crippen molar-refractivity contribution in [1.82, 2.24) is 0 Å². The lowest BCUT2D eigenvalue weighted by Gasteiger charge is -2.55. The summed E-state index contributed by atoms with van der Waals surface area (Å²) in [5.74, 6) is 1.20. The number of benzene rings is 1. The van der Waals surface area contributed by atoms with Crippen LogP contribution in [-0.2, 0) is 35.6 Å². The Bertz CT molecular complexity index is 876. The van der Waals surface area contributed by atoms with Gasteiger partial charge in [-0.15, -0.1) is 0 Å². The number of allylic oxidation sites excluding steroid dienone is 2. The van der Waals surface area contributed by atoms with Crippen LogP contribution in [0.4, 0.5) is 0 Å². The van der Waals surface area contributed by atoms with Gasteiger partial charge in [-0.2, -0.15) is 0 Å². The highest BCUT2D eigenvalue weighted by Gasteiger charge is 2.62.